The van der Waals surface area contributed by atoms with Crippen LogP contribution in [0.15, 0.2) is 18.2 Å². The van der Waals surface area contributed by atoms with E-state index in [1.807, 2.05) is 6.07 Å². The van der Waals surface area contributed by atoms with Crippen LogP contribution in [-0.2, 0) is 4.79 Å². The molecule has 0 heterocycles. The number of aliphatic carboxylic acids is 1. The van der Waals surface area contributed by atoms with Gasteiger partial charge >= 0.3 is 5.97 Å². The van der Waals surface area contributed by atoms with Crippen LogP contribution in [0, 0.1) is 11.3 Å². The van der Waals surface area contributed by atoms with E-state index in [9.17, 15) is 4.79 Å². The Labute approximate surface area is 93.5 Å². The summed E-state index contributed by atoms with van der Waals surface area (Å²) in [6.07, 6.45) is 0. The molecule has 0 atom stereocenters. The summed E-state index contributed by atoms with van der Waals surface area (Å²) in [5.41, 5.74) is 0.966. The number of carboxylic acids is 1. The number of carbonyl (C=O) groups is 1. The maximum Gasteiger partial charge on any atom is 0.323 e. The number of hydrogen-bond acceptors (Lipinski definition) is 4. The molecule has 0 aromatic heterocycles. The number of anilines is 1. The lowest BCUT2D eigenvalue weighted by atomic mass is 10.1. The van der Waals surface area contributed by atoms with Crippen LogP contribution in [0.25, 0.3) is 0 Å². The summed E-state index contributed by atoms with van der Waals surface area (Å²) < 4.78 is 5.03. The van der Waals surface area contributed by atoms with E-state index in [1.54, 1.807) is 25.2 Å². The predicted octanol–water partition coefficient (Wildman–Crippen LogP) is 1.09. The molecule has 0 aliphatic carbocycles. The van der Waals surface area contributed by atoms with Crippen molar-refractivity contribution in [2.45, 2.75) is 0 Å². The number of methoxy groups -OCH3 is 1. The highest BCUT2D eigenvalue weighted by Gasteiger charge is 2.11. The Morgan fingerprint density at radius 3 is 2.81 bits per heavy atom. The van der Waals surface area contributed by atoms with Gasteiger partial charge in [-0.15, -0.1) is 0 Å². The largest absolute Gasteiger partial charge is 0.497 e. The van der Waals surface area contributed by atoms with Gasteiger partial charge in [-0.1, -0.05) is 0 Å². The summed E-state index contributed by atoms with van der Waals surface area (Å²) in [6, 6.07) is 6.92. The van der Waals surface area contributed by atoms with Crippen LogP contribution in [0.2, 0.25) is 0 Å². The van der Waals surface area contributed by atoms with Crippen LogP contribution >= 0.6 is 0 Å². The van der Waals surface area contributed by atoms with Crippen LogP contribution in [0.3, 0.4) is 0 Å². The standard InChI is InChI=1S/C11H12N2O3/c1-13(7-11(14)15)10-5-9(16-2)4-3-8(10)6-12/h3-5H,7H2,1-2H3,(H,14,15). The highest BCUT2D eigenvalue weighted by molar-refractivity contribution is 5.75. The van der Waals surface area contributed by atoms with Crippen molar-refractivity contribution in [3.63, 3.8) is 0 Å². The summed E-state index contributed by atoms with van der Waals surface area (Å²) in [6.45, 7) is -0.165. The zero-order valence-electron chi connectivity index (χ0n) is 9.10. The van der Waals surface area contributed by atoms with Crippen LogP contribution < -0.4 is 9.64 Å². The Hall–Kier alpha value is -2.22. The maximum absolute atomic E-state index is 10.6. The quantitative estimate of drug-likeness (QED) is 0.822. The van der Waals surface area contributed by atoms with Crippen LogP contribution in [0.4, 0.5) is 5.69 Å². The minimum absolute atomic E-state index is 0.165. The van der Waals surface area contributed by atoms with Crippen molar-refractivity contribution in [2.75, 3.05) is 25.6 Å². The summed E-state index contributed by atoms with van der Waals surface area (Å²) in [5.74, 6) is -0.361. The van der Waals surface area contributed by atoms with E-state index in [4.69, 9.17) is 15.1 Å². The molecule has 84 valence electrons. The molecule has 0 aliphatic rings. The summed E-state index contributed by atoms with van der Waals surface area (Å²) in [5, 5.41) is 17.6. The van der Waals surface area contributed by atoms with Gasteiger partial charge in [-0.05, 0) is 12.1 Å². The first-order chi connectivity index (χ1) is 7.58. The smallest absolute Gasteiger partial charge is 0.323 e. The summed E-state index contributed by atoms with van der Waals surface area (Å²) in [4.78, 5) is 12.1. The molecule has 0 fully saturated rings. The third-order valence-electron chi connectivity index (χ3n) is 2.11. The van der Waals surface area contributed by atoms with Crippen LogP contribution in [0.5, 0.6) is 5.75 Å². The number of nitrogens with zero attached hydrogens (tertiary/aromatic N) is 2. The van der Waals surface area contributed by atoms with E-state index in [0.29, 0.717) is 17.0 Å². The van der Waals surface area contributed by atoms with Crippen LogP contribution in [-0.4, -0.2) is 31.8 Å². The van der Waals surface area contributed by atoms with Gasteiger partial charge in [0.1, 0.15) is 18.4 Å². The molecule has 0 amide bonds. The Morgan fingerprint density at radius 2 is 2.31 bits per heavy atom. The molecule has 1 aromatic rings. The number of ether oxygens (including phenoxy) is 1. The zero-order chi connectivity index (χ0) is 12.1. The molecular formula is C11H12N2O3. The molecule has 0 saturated heterocycles. The van der Waals surface area contributed by atoms with Crippen molar-refractivity contribution >= 4 is 11.7 Å². The third-order valence-corrected chi connectivity index (χ3v) is 2.11. The molecule has 0 radical (unpaired) electrons. The lowest BCUT2D eigenvalue weighted by Crippen LogP contribution is -2.25. The fourth-order valence-electron chi connectivity index (χ4n) is 1.34. The zero-order valence-corrected chi connectivity index (χ0v) is 9.10. The molecule has 16 heavy (non-hydrogen) atoms. The van der Waals surface area contributed by atoms with Crippen molar-refractivity contribution in [2.24, 2.45) is 0 Å². The molecule has 0 aliphatic heterocycles. The van der Waals surface area contributed by atoms with Crippen molar-refractivity contribution < 1.29 is 14.6 Å². The van der Waals surface area contributed by atoms with E-state index >= 15 is 0 Å². The Balaban J connectivity index is 3.09. The maximum atomic E-state index is 10.6. The highest BCUT2D eigenvalue weighted by Crippen LogP contribution is 2.24. The van der Waals surface area contributed by atoms with Gasteiger partial charge in [0.2, 0.25) is 0 Å². The predicted molar refractivity (Wildman–Crippen MR) is 58.6 cm³/mol. The van der Waals surface area contributed by atoms with Gasteiger partial charge in [0.25, 0.3) is 0 Å². The second-order valence-corrected chi connectivity index (χ2v) is 3.24. The molecule has 0 saturated carbocycles. The van der Waals surface area contributed by atoms with E-state index < -0.39 is 5.97 Å². The molecule has 0 unspecified atom stereocenters. The molecule has 0 bridgehead atoms. The molecule has 1 N–H and O–H groups in total. The van der Waals surface area contributed by atoms with E-state index in [2.05, 4.69) is 0 Å². The number of benzene rings is 1. The van der Waals surface area contributed by atoms with Gasteiger partial charge < -0.3 is 14.7 Å². The lowest BCUT2D eigenvalue weighted by molar-refractivity contribution is -0.135. The number of rotatable bonds is 4. The van der Waals surface area contributed by atoms with Gasteiger partial charge in [-0.25, -0.2) is 0 Å². The molecule has 1 rings (SSSR count). The normalized spacial score (nSPS) is 9.31. The van der Waals surface area contributed by atoms with E-state index in [0.717, 1.165) is 0 Å². The van der Waals surface area contributed by atoms with E-state index in [-0.39, 0.29) is 6.54 Å². The SMILES string of the molecule is COc1ccc(C#N)c(N(C)CC(=O)O)c1. The van der Waals surface area contributed by atoms with Gasteiger partial charge in [0, 0.05) is 13.1 Å². The molecule has 5 heteroatoms. The minimum Gasteiger partial charge on any atom is -0.497 e. The number of carboxylic acid groups (broad SMARTS) is 1. The molecule has 1 aromatic carbocycles. The third kappa shape index (κ3) is 2.64. The summed E-state index contributed by atoms with van der Waals surface area (Å²) in [7, 11) is 3.13. The van der Waals surface area contributed by atoms with E-state index in [1.165, 1.54) is 12.0 Å². The van der Waals surface area contributed by atoms with Gasteiger partial charge in [-0.2, -0.15) is 5.26 Å². The number of hydrogen-bond donors (Lipinski definition) is 1. The fraction of sp³-hybridized carbons (Fsp3) is 0.273. The minimum atomic E-state index is -0.950. The lowest BCUT2D eigenvalue weighted by Gasteiger charge is -2.18. The molecule has 5 nitrogen and oxygen atoms in total. The number of likely N-dealkylation sites (N-methyl/N-ethyl adjacent to an activating group) is 1. The number of nitriles is 1. The van der Waals surface area contributed by atoms with Crippen LogP contribution in [0.1, 0.15) is 5.56 Å². The second kappa shape index (κ2) is 5.03. The topological polar surface area (TPSA) is 73.6 Å². The molecule has 0 spiro atoms. The molecular weight excluding hydrogens is 208 g/mol. The Kier molecular flexibility index (Phi) is 3.72. The summed E-state index contributed by atoms with van der Waals surface area (Å²) >= 11 is 0. The highest BCUT2D eigenvalue weighted by atomic mass is 16.5. The first-order valence-electron chi connectivity index (χ1n) is 4.59. The van der Waals surface area contributed by atoms with Gasteiger partial charge in [-0.3, -0.25) is 4.79 Å². The average Bonchev–Trinajstić information content (AvgIpc) is 2.27. The Bertz CT molecular complexity index is 437. The Morgan fingerprint density at radius 1 is 1.62 bits per heavy atom. The van der Waals surface area contributed by atoms with Gasteiger partial charge in [0.15, 0.2) is 0 Å². The first-order valence-corrected chi connectivity index (χ1v) is 4.59. The van der Waals surface area contributed by atoms with Crippen molar-refractivity contribution in [1.29, 1.82) is 5.26 Å². The first kappa shape index (κ1) is 11.9. The van der Waals surface area contributed by atoms with Gasteiger partial charge in [0.05, 0.1) is 18.4 Å². The van der Waals surface area contributed by atoms with Crippen molar-refractivity contribution in [1.82, 2.24) is 0 Å². The average molecular weight is 220 g/mol. The monoisotopic (exact) mass is 220 g/mol. The van der Waals surface area contributed by atoms with Crippen molar-refractivity contribution in [3.05, 3.63) is 23.8 Å². The van der Waals surface area contributed by atoms with Crippen molar-refractivity contribution in [3.8, 4) is 11.8 Å². The fourth-order valence-corrected chi connectivity index (χ4v) is 1.34. The second-order valence-electron chi connectivity index (χ2n) is 3.24.